The molecule has 0 saturated heterocycles. The number of amides is 1. The Kier molecular flexibility index (Phi) is 5.13. The largest absolute Gasteiger partial charge is 0.416 e. The highest BCUT2D eigenvalue weighted by Gasteiger charge is 2.32. The van der Waals surface area contributed by atoms with Crippen molar-refractivity contribution in [2.24, 2.45) is 0 Å². The van der Waals surface area contributed by atoms with Gasteiger partial charge in [0.1, 0.15) is 12.2 Å². The molecule has 0 saturated carbocycles. The number of hydrogen-bond acceptors (Lipinski definition) is 3. The number of carbonyl (C=O) groups is 1. The fraction of sp³-hybridized carbons (Fsp3) is 0.462. The molecule has 20 heavy (non-hydrogen) atoms. The Morgan fingerprint density at radius 3 is 2.40 bits per heavy atom. The molecule has 112 valence electrons. The van der Waals surface area contributed by atoms with E-state index in [-0.39, 0.29) is 23.6 Å². The van der Waals surface area contributed by atoms with Gasteiger partial charge in [0.2, 0.25) is 5.91 Å². The second-order valence-electron chi connectivity index (χ2n) is 4.52. The van der Waals surface area contributed by atoms with E-state index in [1.165, 1.54) is 19.9 Å². The summed E-state index contributed by atoms with van der Waals surface area (Å²) >= 11 is 0. The third-order valence-electron chi connectivity index (χ3n) is 2.82. The van der Waals surface area contributed by atoms with Crippen LogP contribution in [-0.4, -0.2) is 28.8 Å². The van der Waals surface area contributed by atoms with E-state index >= 15 is 0 Å². The number of hydrogen-bond donors (Lipinski definition) is 3. The van der Waals surface area contributed by atoms with Crippen LogP contribution in [0.3, 0.4) is 0 Å². The summed E-state index contributed by atoms with van der Waals surface area (Å²) in [5, 5.41) is 21.8. The van der Waals surface area contributed by atoms with Gasteiger partial charge in [-0.3, -0.25) is 4.79 Å². The second-order valence-corrected chi connectivity index (χ2v) is 4.52. The Balaban J connectivity index is 2.87. The summed E-state index contributed by atoms with van der Waals surface area (Å²) in [7, 11) is 0. The van der Waals surface area contributed by atoms with Crippen LogP contribution in [0.1, 0.15) is 29.7 Å². The summed E-state index contributed by atoms with van der Waals surface area (Å²) in [4.78, 5) is 10.7. The lowest BCUT2D eigenvalue weighted by Crippen LogP contribution is -2.34. The lowest BCUT2D eigenvalue weighted by Gasteiger charge is -2.20. The van der Waals surface area contributed by atoms with Gasteiger partial charge in [-0.1, -0.05) is 12.1 Å². The van der Waals surface area contributed by atoms with Gasteiger partial charge in [0.15, 0.2) is 0 Å². The monoisotopic (exact) mass is 291 g/mol. The highest BCUT2D eigenvalue weighted by molar-refractivity contribution is 5.72. The molecular weight excluding hydrogens is 275 g/mol. The van der Waals surface area contributed by atoms with Gasteiger partial charge in [0, 0.05) is 13.5 Å². The Hall–Kier alpha value is -1.60. The molecule has 4 nitrogen and oxygen atoms in total. The van der Waals surface area contributed by atoms with E-state index in [1.54, 1.807) is 0 Å². The van der Waals surface area contributed by atoms with Crippen LogP contribution >= 0.6 is 0 Å². The number of rotatable bonds is 4. The zero-order chi connectivity index (χ0) is 15.5. The molecular formula is C13H16F3NO3. The average molecular weight is 291 g/mol. The summed E-state index contributed by atoms with van der Waals surface area (Å²) in [5.74, 6) is -0.375. The van der Waals surface area contributed by atoms with Gasteiger partial charge in [-0.2, -0.15) is 13.2 Å². The van der Waals surface area contributed by atoms with Crippen LogP contribution in [0.25, 0.3) is 0 Å². The molecule has 0 aliphatic heterocycles. The Labute approximate surface area is 114 Å². The number of aliphatic hydroxyl groups excluding tert-OH is 2. The minimum Gasteiger partial charge on any atom is -0.388 e. The molecule has 0 aromatic heterocycles. The zero-order valence-electron chi connectivity index (χ0n) is 11.0. The van der Waals surface area contributed by atoms with Gasteiger partial charge in [-0.25, -0.2) is 0 Å². The molecule has 1 amide bonds. The number of carbonyl (C=O) groups excluding carboxylic acids is 1. The van der Waals surface area contributed by atoms with Crippen molar-refractivity contribution in [3.8, 4) is 0 Å². The van der Waals surface area contributed by atoms with Gasteiger partial charge in [0.05, 0.1) is 5.56 Å². The van der Waals surface area contributed by atoms with Crippen LogP contribution in [0.15, 0.2) is 18.2 Å². The molecule has 3 N–H and O–H groups in total. The van der Waals surface area contributed by atoms with E-state index < -0.39 is 23.9 Å². The van der Waals surface area contributed by atoms with E-state index in [4.69, 9.17) is 0 Å². The van der Waals surface area contributed by atoms with Crippen LogP contribution in [0.2, 0.25) is 0 Å². The van der Waals surface area contributed by atoms with E-state index in [2.05, 4.69) is 5.32 Å². The minimum atomic E-state index is -4.46. The number of halogens is 3. The standard InChI is InChI=1S/C13H16F3NO3/c1-7-5-9(3-4-10(7)13(14,15)16)12(20)11(19)6-17-8(2)18/h3-5,11-12,19-20H,6H2,1-2H3,(H,17,18). The predicted octanol–water partition coefficient (Wildman–Crippen LogP) is 1.54. The molecule has 0 spiro atoms. The van der Waals surface area contributed by atoms with E-state index in [0.717, 1.165) is 12.1 Å². The Morgan fingerprint density at radius 2 is 1.95 bits per heavy atom. The van der Waals surface area contributed by atoms with Crippen molar-refractivity contribution in [2.45, 2.75) is 32.2 Å². The van der Waals surface area contributed by atoms with Gasteiger partial charge >= 0.3 is 6.18 Å². The third kappa shape index (κ3) is 4.21. The molecule has 0 fully saturated rings. The van der Waals surface area contributed by atoms with Crippen molar-refractivity contribution in [3.63, 3.8) is 0 Å². The lowest BCUT2D eigenvalue weighted by atomic mass is 9.98. The molecule has 1 rings (SSSR count). The number of aliphatic hydroxyl groups is 2. The molecule has 0 heterocycles. The molecule has 0 radical (unpaired) electrons. The van der Waals surface area contributed by atoms with Gasteiger partial charge in [-0.15, -0.1) is 0 Å². The summed E-state index contributed by atoms with van der Waals surface area (Å²) in [6.45, 7) is 2.34. The molecule has 0 bridgehead atoms. The zero-order valence-corrected chi connectivity index (χ0v) is 11.0. The average Bonchev–Trinajstić information content (AvgIpc) is 2.33. The van der Waals surface area contributed by atoms with Crippen LogP contribution in [-0.2, 0) is 11.0 Å². The number of nitrogens with one attached hydrogen (secondary N) is 1. The number of benzene rings is 1. The predicted molar refractivity (Wildman–Crippen MR) is 65.8 cm³/mol. The van der Waals surface area contributed by atoms with Crippen LogP contribution in [0.4, 0.5) is 13.2 Å². The van der Waals surface area contributed by atoms with E-state index in [1.807, 2.05) is 0 Å². The fourth-order valence-electron chi connectivity index (χ4n) is 1.77. The second kappa shape index (κ2) is 6.23. The number of alkyl halides is 3. The Bertz CT molecular complexity index is 488. The van der Waals surface area contributed by atoms with Gasteiger partial charge in [0.25, 0.3) is 0 Å². The molecule has 0 aliphatic rings. The summed E-state index contributed by atoms with van der Waals surface area (Å²) in [5.41, 5.74) is -0.668. The summed E-state index contributed by atoms with van der Waals surface area (Å²) in [6.07, 6.45) is -7.12. The van der Waals surface area contributed by atoms with Gasteiger partial charge in [-0.05, 0) is 24.1 Å². The normalized spacial score (nSPS) is 14.8. The summed E-state index contributed by atoms with van der Waals surface area (Å²) in [6, 6.07) is 3.14. The molecule has 0 aliphatic carbocycles. The molecule has 2 atom stereocenters. The van der Waals surface area contributed by atoms with Crippen LogP contribution < -0.4 is 5.32 Å². The Morgan fingerprint density at radius 1 is 1.35 bits per heavy atom. The highest BCUT2D eigenvalue weighted by Crippen LogP contribution is 2.33. The van der Waals surface area contributed by atoms with E-state index in [0.29, 0.717) is 0 Å². The molecule has 2 unspecified atom stereocenters. The highest BCUT2D eigenvalue weighted by atomic mass is 19.4. The first-order valence-electron chi connectivity index (χ1n) is 5.91. The van der Waals surface area contributed by atoms with Crippen molar-refractivity contribution >= 4 is 5.91 Å². The first-order chi connectivity index (χ1) is 9.12. The van der Waals surface area contributed by atoms with Crippen molar-refractivity contribution in [1.29, 1.82) is 0 Å². The minimum absolute atomic E-state index is 0.0409. The van der Waals surface area contributed by atoms with Gasteiger partial charge < -0.3 is 15.5 Å². The van der Waals surface area contributed by atoms with Crippen LogP contribution in [0, 0.1) is 6.92 Å². The molecule has 7 heteroatoms. The lowest BCUT2D eigenvalue weighted by molar-refractivity contribution is -0.138. The van der Waals surface area contributed by atoms with E-state index in [9.17, 15) is 28.2 Å². The maximum absolute atomic E-state index is 12.6. The topological polar surface area (TPSA) is 69.6 Å². The molecule has 1 aromatic carbocycles. The number of aryl methyl sites for hydroxylation is 1. The smallest absolute Gasteiger partial charge is 0.388 e. The van der Waals surface area contributed by atoms with Crippen molar-refractivity contribution < 1.29 is 28.2 Å². The quantitative estimate of drug-likeness (QED) is 0.788. The SMILES string of the molecule is CC(=O)NCC(O)C(O)c1ccc(C(F)(F)F)c(C)c1. The fourth-order valence-corrected chi connectivity index (χ4v) is 1.77. The maximum atomic E-state index is 12.6. The summed E-state index contributed by atoms with van der Waals surface area (Å²) < 4.78 is 37.8. The first-order valence-corrected chi connectivity index (χ1v) is 5.91. The van der Waals surface area contributed by atoms with Crippen molar-refractivity contribution in [2.75, 3.05) is 6.54 Å². The van der Waals surface area contributed by atoms with Crippen molar-refractivity contribution in [3.05, 3.63) is 34.9 Å². The third-order valence-corrected chi connectivity index (χ3v) is 2.82. The van der Waals surface area contributed by atoms with Crippen molar-refractivity contribution in [1.82, 2.24) is 5.32 Å². The molecule has 1 aromatic rings. The first kappa shape index (κ1) is 16.5. The van der Waals surface area contributed by atoms with Crippen LogP contribution in [0.5, 0.6) is 0 Å². The maximum Gasteiger partial charge on any atom is 0.416 e.